The SMILES string of the molecule is C[C@H](NCc1cccn1C)[C@H](O)c1ccccc1. The number of nitrogens with one attached hydrogen (secondary N) is 1. The van der Waals surface area contributed by atoms with Gasteiger partial charge in [0.1, 0.15) is 0 Å². The highest BCUT2D eigenvalue weighted by molar-refractivity contribution is 5.18. The van der Waals surface area contributed by atoms with Crippen molar-refractivity contribution < 1.29 is 5.11 Å². The molecule has 0 saturated carbocycles. The monoisotopic (exact) mass is 244 g/mol. The molecule has 0 saturated heterocycles. The molecule has 3 heteroatoms. The first-order valence-electron chi connectivity index (χ1n) is 6.25. The summed E-state index contributed by atoms with van der Waals surface area (Å²) >= 11 is 0. The lowest BCUT2D eigenvalue weighted by Gasteiger charge is -2.20. The lowest BCUT2D eigenvalue weighted by atomic mass is 10.0. The standard InChI is InChI=1S/C15H20N2O/c1-12(15(18)13-7-4-3-5-8-13)16-11-14-9-6-10-17(14)2/h3-10,12,15-16,18H,11H2,1-2H3/t12-,15-/m0/s1. The number of benzene rings is 1. The van der Waals surface area contributed by atoms with E-state index in [1.807, 2.05) is 56.6 Å². The van der Waals surface area contributed by atoms with E-state index in [0.29, 0.717) is 0 Å². The van der Waals surface area contributed by atoms with Gasteiger partial charge < -0.3 is 15.0 Å². The maximum absolute atomic E-state index is 10.2. The van der Waals surface area contributed by atoms with E-state index < -0.39 is 6.10 Å². The number of aryl methyl sites for hydroxylation is 1. The van der Waals surface area contributed by atoms with Crippen LogP contribution in [0.1, 0.15) is 24.3 Å². The maximum Gasteiger partial charge on any atom is 0.0940 e. The molecule has 0 spiro atoms. The fraction of sp³-hybridized carbons (Fsp3) is 0.333. The molecule has 2 rings (SSSR count). The third-order valence-electron chi connectivity index (χ3n) is 3.27. The summed E-state index contributed by atoms with van der Waals surface area (Å²) in [5.41, 5.74) is 2.16. The van der Waals surface area contributed by atoms with Crippen LogP contribution in [0.5, 0.6) is 0 Å². The Bertz CT molecular complexity index is 478. The number of nitrogens with zero attached hydrogens (tertiary/aromatic N) is 1. The van der Waals surface area contributed by atoms with Gasteiger partial charge in [-0.1, -0.05) is 30.3 Å². The van der Waals surface area contributed by atoms with E-state index in [1.165, 1.54) is 5.69 Å². The van der Waals surface area contributed by atoms with Gasteiger partial charge in [0.15, 0.2) is 0 Å². The van der Waals surface area contributed by atoms with E-state index in [2.05, 4.69) is 16.0 Å². The van der Waals surface area contributed by atoms with Crippen molar-refractivity contribution in [1.82, 2.24) is 9.88 Å². The molecule has 0 unspecified atom stereocenters. The summed E-state index contributed by atoms with van der Waals surface area (Å²) < 4.78 is 2.08. The van der Waals surface area contributed by atoms with Gasteiger partial charge in [-0.25, -0.2) is 0 Å². The van der Waals surface area contributed by atoms with E-state index >= 15 is 0 Å². The van der Waals surface area contributed by atoms with Crippen LogP contribution in [0.25, 0.3) is 0 Å². The van der Waals surface area contributed by atoms with Gasteiger partial charge in [-0.15, -0.1) is 0 Å². The van der Waals surface area contributed by atoms with Gasteiger partial charge >= 0.3 is 0 Å². The van der Waals surface area contributed by atoms with Crippen LogP contribution in [-0.4, -0.2) is 15.7 Å². The highest BCUT2D eigenvalue weighted by atomic mass is 16.3. The Labute approximate surface area is 108 Å². The van der Waals surface area contributed by atoms with Crippen LogP contribution in [0.15, 0.2) is 48.7 Å². The highest BCUT2D eigenvalue weighted by Gasteiger charge is 2.15. The molecule has 0 aliphatic heterocycles. The molecule has 2 aromatic rings. The summed E-state index contributed by atoms with van der Waals surface area (Å²) in [4.78, 5) is 0. The lowest BCUT2D eigenvalue weighted by molar-refractivity contribution is 0.135. The number of hydrogen-bond donors (Lipinski definition) is 2. The van der Waals surface area contributed by atoms with Crippen molar-refractivity contribution in [2.75, 3.05) is 0 Å². The first kappa shape index (κ1) is 12.9. The predicted octanol–water partition coefficient (Wildman–Crippen LogP) is 2.24. The second kappa shape index (κ2) is 5.85. The van der Waals surface area contributed by atoms with Crippen LogP contribution in [0.4, 0.5) is 0 Å². The van der Waals surface area contributed by atoms with E-state index in [4.69, 9.17) is 0 Å². The van der Waals surface area contributed by atoms with Crippen molar-refractivity contribution in [3.05, 3.63) is 59.9 Å². The summed E-state index contributed by atoms with van der Waals surface area (Å²) in [6.45, 7) is 2.76. The van der Waals surface area contributed by atoms with Gasteiger partial charge in [-0.3, -0.25) is 0 Å². The summed E-state index contributed by atoms with van der Waals surface area (Å²) in [5.74, 6) is 0. The van der Waals surface area contributed by atoms with Crippen molar-refractivity contribution in [1.29, 1.82) is 0 Å². The summed E-state index contributed by atoms with van der Waals surface area (Å²) in [6, 6.07) is 13.9. The van der Waals surface area contributed by atoms with Gasteiger partial charge in [0.25, 0.3) is 0 Å². The zero-order chi connectivity index (χ0) is 13.0. The van der Waals surface area contributed by atoms with Crippen molar-refractivity contribution in [2.24, 2.45) is 7.05 Å². The van der Waals surface area contributed by atoms with Crippen molar-refractivity contribution >= 4 is 0 Å². The third-order valence-corrected chi connectivity index (χ3v) is 3.27. The Morgan fingerprint density at radius 3 is 2.50 bits per heavy atom. The Hall–Kier alpha value is -1.58. The van der Waals surface area contributed by atoms with E-state index in [-0.39, 0.29) is 6.04 Å². The Kier molecular flexibility index (Phi) is 4.18. The molecule has 3 nitrogen and oxygen atoms in total. The average Bonchev–Trinajstić information content (AvgIpc) is 2.81. The first-order valence-corrected chi connectivity index (χ1v) is 6.25. The quantitative estimate of drug-likeness (QED) is 0.846. The maximum atomic E-state index is 10.2. The first-order chi connectivity index (χ1) is 8.68. The van der Waals surface area contributed by atoms with E-state index in [1.54, 1.807) is 0 Å². The zero-order valence-corrected chi connectivity index (χ0v) is 10.9. The molecule has 0 aliphatic rings. The molecule has 1 aromatic carbocycles. The number of aliphatic hydroxyl groups is 1. The molecule has 2 atom stereocenters. The van der Waals surface area contributed by atoms with Crippen LogP contribution in [-0.2, 0) is 13.6 Å². The van der Waals surface area contributed by atoms with Crippen LogP contribution in [0, 0.1) is 0 Å². The van der Waals surface area contributed by atoms with E-state index in [9.17, 15) is 5.11 Å². The Balaban J connectivity index is 1.92. The van der Waals surface area contributed by atoms with Gasteiger partial charge in [0.05, 0.1) is 6.10 Å². The molecule has 0 fully saturated rings. The van der Waals surface area contributed by atoms with Crippen LogP contribution < -0.4 is 5.32 Å². The fourth-order valence-electron chi connectivity index (χ4n) is 2.00. The molecule has 1 heterocycles. The summed E-state index contributed by atoms with van der Waals surface area (Å²) in [7, 11) is 2.02. The molecule has 18 heavy (non-hydrogen) atoms. The highest BCUT2D eigenvalue weighted by Crippen LogP contribution is 2.16. The molecule has 0 radical (unpaired) electrons. The molecule has 2 N–H and O–H groups in total. The minimum Gasteiger partial charge on any atom is -0.387 e. The van der Waals surface area contributed by atoms with Crippen molar-refractivity contribution in [3.63, 3.8) is 0 Å². The fourth-order valence-corrected chi connectivity index (χ4v) is 2.00. The van der Waals surface area contributed by atoms with Crippen molar-refractivity contribution in [2.45, 2.75) is 25.6 Å². The zero-order valence-electron chi connectivity index (χ0n) is 10.9. The summed E-state index contributed by atoms with van der Waals surface area (Å²) in [5, 5.41) is 13.6. The molecule has 96 valence electrons. The molecular formula is C15H20N2O. The number of rotatable bonds is 5. The Morgan fingerprint density at radius 2 is 1.89 bits per heavy atom. The van der Waals surface area contributed by atoms with Crippen molar-refractivity contribution in [3.8, 4) is 0 Å². The molecule has 1 aromatic heterocycles. The van der Waals surface area contributed by atoms with E-state index in [0.717, 1.165) is 12.1 Å². The van der Waals surface area contributed by atoms with Gasteiger partial charge in [-0.2, -0.15) is 0 Å². The minimum atomic E-state index is -0.480. The van der Waals surface area contributed by atoms with Crippen LogP contribution >= 0.6 is 0 Å². The average molecular weight is 244 g/mol. The van der Waals surface area contributed by atoms with Crippen LogP contribution in [0.3, 0.4) is 0 Å². The molecule has 0 aliphatic carbocycles. The molecule has 0 bridgehead atoms. The van der Waals surface area contributed by atoms with Gasteiger partial charge in [-0.05, 0) is 24.6 Å². The summed E-state index contributed by atoms with van der Waals surface area (Å²) in [6.07, 6.45) is 1.54. The Morgan fingerprint density at radius 1 is 1.17 bits per heavy atom. The number of hydrogen-bond acceptors (Lipinski definition) is 2. The third kappa shape index (κ3) is 3.00. The van der Waals surface area contributed by atoms with Gasteiger partial charge in [0, 0.05) is 31.5 Å². The molecular weight excluding hydrogens is 224 g/mol. The lowest BCUT2D eigenvalue weighted by Crippen LogP contribution is -2.32. The number of aromatic nitrogens is 1. The van der Waals surface area contributed by atoms with Crippen LogP contribution in [0.2, 0.25) is 0 Å². The minimum absolute atomic E-state index is 0.0160. The second-order valence-corrected chi connectivity index (χ2v) is 4.64. The number of aliphatic hydroxyl groups excluding tert-OH is 1. The smallest absolute Gasteiger partial charge is 0.0940 e. The molecule has 0 amide bonds. The topological polar surface area (TPSA) is 37.2 Å². The predicted molar refractivity (Wildman–Crippen MR) is 73.1 cm³/mol. The second-order valence-electron chi connectivity index (χ2n) is 4.64. The normalized spacial score (nSPS) is 14.4. The van der Waals surface area contributed by atoms with Gasteiger partial charge in [0.2, 0.25) is 0 Å². The largest absolute Gasteiger partial charge is 0.387 e.